The van der Waals surface area contributed by atoms with Crippen LogP contribution in [0.15, 0.2) is 0 Å². The first-order valence-corrected chi connectivity index (χ1v) is 9.63. The Morgan fingerprint density at radius 3 is 2.54 bits per heavy atom. The molecule has 3 fully saturated rings. The van der Waals surface area contributed by atoms with Crippen LogP contribution in [0.4, 0.5) is 0 Å². The fourth-order valence-corrected chi connectivity index (χ4v) is 6.80. The monoisotopic (exact) mass is 336 g/mol. The predicted molar refractivity (Wildman–Crippen MR) is 91.4 cm³/mol. The van der Waals surface area contributed by atoms with Gasteiger partial charge in [0.1, 0.15) is 5.78 Å². The zero-order valence-electron chi connectivity index (χ0n) is 15.3. The maximum Gasteiger partial charge on any atom is 0.303 e. The van der Waals surface area contributed by atoms with Crippen molar-refractivity contribution in [2.24, 2.45) is 34.5 Å². The number of Topliss-reactive ketones (excluding diaryl/α,β-unsaturated/α-hetero) is 1. The fourth-order valence-electron chi connectivity index (χ4n) is 6.80. The number of carboxylic acids is 1. The summed E-state index contributed by atoms with van der Waals surface area (Å²) in [4.78, 5) is 23.8. The van der Waals surface area contributed by atoms with Gasteiger partial charge in [-0.3, -0.25) is 9.59 Å². The second-order valence-electron chi connectivity index (χ2n) is 9.12. The number of carbonyl (C=O) groups excluding carboxylic acids is 1. The lowest BCUT2D eigenvalue weighted by atomic mass is 9.48. The van der Waals surface area contributed by atoms with Gasteiger partial charge in [-0.05, 0) is 74.5 Å². The number of carbonyl (C=O) groups is 2. The molecular weight excluding hydrogens is 304 g/mol. The third kappa shape index (κ3) is 2.61. The van der Waals surface area contributed by atoms with Crippen LogP contribution in [0.5, 0.6) is 0 Å². The Bertz CT molecular complexity index is 528. The number of carboxylic acid groups (broad SMARTS) is 1. The van der Waals surface area contributed by atoms with Gasteiger partial charge in [0.25, 0.3) is 0 Å². The van der Waals surface area contributed by atoms with Crippen molar-refractivity contribution in [2.75, 3.05) is 0 Å². The number of rotatable bonds is 4. The van der Waals surface area contributed by atoms with Crippen molar-refractivity contribution in [3.05, 3.63) is 0 Å². The van der Waals surface area contributed by atoms with Crippen molar-refractivity contribution in [2.45, 2.75) is 78.2 Å². The molecule has 7 atom stereocenters. The van der Waals surface area contributed by atoms with Gasteiger partial charge < -0.3 is 10.2 Å². The van der Waals surface area contributed by atoms with Crippen LogP contribution >= 0.6 is 0 Å². The molecule has 0 amide bonds. The van der Waals surface area contributed by atoms with Gasteiger partial charge >= 0.3 is 5.97 Å². The second-order valence-corrected chi connectivity index (χ2v) is 9.12. The van der Waals surface area contributed by atoms with Gasteiger partial charge in [-0.15, -0.1) is 0 Å². The van der Waals surface area contributed by atoms with E-state index in [1.807, 2.05) is 13.8 Å². The molecule has 0 radical (unpaired) electrons. The minimum atomic E-state index is -0.804. The quantitative estimate of drug-likeness (QED) is 0.821. The van der Waals surface area contributed by atoms with Crippen LogP contribution in [-0.4, -0.2) is 28.1 Å². The maximum atomic E-state index is 12.7. The van der Waals surface area contributed by atoms with E-state index < -0.39 is 11.4 Å². The molecule has 3 rings (SSSR count). The topological polar surface area (TPSA) is 74.6 Å². The molecule has 0 aromatic rings. The standard InChI is InChI=1S/C20H32O4/c1-12(21)14-5-6-15-13-4-7-17(22)20(3,11-9-18(23)24)16(13)8-10-19(14,15)2/h12-16,21H,4-11H2,1-3H3,(H,23,24)/t12-,13+,14+,15-,16+,19+,20-/m0/s1. The molecule has 24 heavy (non-hydrogen) atoms. The molecule has 0 aliphatic heterocycles. The van der Waals surface area contributed by atoms with E-state index >= 15 is 0 Å². The van der Waals surface area contributed by atoms with Crippen molar-refractivity contribution in [3.63, 3.8) is 0 Å². The van der Waals surface area contributed by atoms with Crippen LogP contribution < -0.4 is 0 Å². The summed E-state index contributed by atoms with van der Waals surface area (Å²) in [6, 6.07) is 0. The largest absolute Gasteiger partial charge is 0.481 e. The molecule has 2 N–H and O–H groups in total. The lowest BCUT2D eigenvalue weighted by molar-refractivity contribution is -0.149. The molecule has 136 valence electrons. The number of hydrogen-bond donors (Lipinski definition) is 2. The van der Waals surface area contributed by atoms with E-state index in [1.165, 1.54) is 0 Å². The van der Waals surface area contributed by atoms with Crippen LogP contribution in [0.1, 0.15) is 72.1 Å². The summed E-state index contributed by atoms with van der Waals surface area (Å²) >= 11 is 0. The molecule has 3 aliphatic rings. The van der Waals surface area contributed by atoms with Gasteiger partial charge in [0.15, 0.2) is 0 Å². The minimum Gasteiger partial charge on any atom is -0.481 e. The summed E-state index contributed by atoms with van der Waals surface area (Å²) in [6.45, 7) is 6.30. The Balaban J connectivity index is 1.86. The molecular formula is C20H32O4. The molecule has 3 saturated carbocycles. The molecule has 0 aromatic heterocycles. The highest BCUT2D eigenvalue weighted by molar-refractivity contribution is 5.86. The molecule has 4 nitrogen and oxygen atoms in total. The highest BCUT2D eigenvalue weighted by atomic mass is 16.4. The van der Waals surface area contributed by atoms with Gasteiger partial charge in [0.2, 0.25) is 0 Å². The van der Waals surface area contributed by atoms with Gasteiger partial charge in [-0.25, -0.2) is 0 Å². The highest BCUT2D eigenvalue weighted by Gasteiger charge is 2.59. The molecule has 0 heterocycles. The van der Waals surface area contributed by atoms with Gasteiger partial charge in [-0.1, -0.05) is 13.8 Å². The Morgan fingerprint density at radius 2 is 1.92 bits per heavy atom. The Kier molecular flexibility index (Phi) is 4.57. The minimum absolute atomic E-state index is 0.0870. The summed E-state index contributed by atoms with van der Waals surface area (Å²) in [6.07, 6.45) is 6.16. The number of hydrogen-bond acceptors (Lipinski definition) is 3. The first-order valence-electron chi connectivity index (χ1n) is 9.63. The summed E-state index contributed by atoms with van der Waals surface area (Å²) in [5, 5.41) is 19.3. The summed E-state index contributed by atoms with van der Waals surface area (Å²) in [5.41, 5.74) is -0.283. The second kappa shape index (κ2) is 6.12. The Hall–Kier alpha value is -0.900. The third-order valence-electron chi connectivity index (χ3n) is 8.11. The van der Waals surface area contributed by atoms with Crippen LogP contribution in [-0.2, 0) is 9.59 Å². The molecule has 0 saturated heterocycles. The predicted octanol–water partition coefficient (Wildman–Crippen LogP) is 3.66. The molecule has 0 aromatic carbocycles. The van der Waals surface area contributed by atoms with E-state index in [9.17, 15) is 14.7 Å². The van der Waals surface area contributed by atoms with Crippen molar-refractivity contribution in [3.8, 4) is 0 Å². The lowest BCUT2D eigenvalue weighted by Gasteiger charge is -2.56. The Morgan fingerprint density at radius 1 is 1.21 bits per heavy atom. The van der Waals surface area contributed by atoms with Crippen molar-refractivity contribution < 1.29 is 19.8 Å². The fraction of sp³-hybridized carbons (Fsp3) is 0.900. The molecule has 3 aliphatic carbocycles. The first kappa shape index (κ1) is 17.9. The normalized spacial score (nSPS) is 46.2. The van der Waals surface area contributed by atoms with E-state index in [0.29, 0.717) is 36.5 Å². The molecule has 4 heteroatoms. The van der Waals surface area contributed by atoms with Crippen LogP contribution in [0.3, 0.4) is 0 Å². The number of ketones is 1. The summed E-state index contributed by atoms with van der Waals surface area (Å²) < 4.78 is 0. The van der Waals surface area contributed by atoms with Crippen molar-refractivity contribution in [1.29, 1.82) is 0 Å². The maximum absolute atomic E-state index is 12.7. The molecule has 0 unspecified atom stereocenters. The molecule has 0 spiro atoms. The number of fused-ring (bicyclic) bond motifs is 3. The highest BCUT2D eigenvalue weighted by Crippen LogP contribution is 2.65. The number of aliphatic hydroxyl groups excluding tert-OH is 1. The SMILES string of the molecule is C[C@H](O)[C@H]1CC[C@H]2[C@H]3CCC(=O)[C@@](C)(CCC(=O)O)[C@@H]3CC[C@]12C. The number of aliphatic carboxylic acids is 1. The van der Waals surface area contributed by atoms with Gasteiger partial charge in [-0.2, -0.15) is 0 Å². The van der Waals surface area contributed by atoms with E-state index in [-0.39, 0.29) is 23.7 Å². The van der Waals surface area contributed by atoms with Crippen LogP contribution in [0, 0.1) is 34.5 Å². The van der Waals surface area contributed by atoms with E-state index in [1.54, 1.807) is 0 Å². The van der Waals surface area contributed by atoms with Crippen molar-refractivity contribution in [1.82, 2.24) is 0 Å². The van der Waals surface area contributed by atoms with E-state index in [2.05, 4.69) is 6.92 Å². The summed E-state index contributed by atoms with van der Waals surface area (Å²) in [5.74, 6) is 1.26. The van der Waals surface area contributed by atoms with Gasteiger partial charge in [0, 0.05) is 18.3 Å². The van der Waals surface area contributed by atoms with Crippen LogP contribution in [0.2, 0.25) is 0 Å². The average Bonchev–Trinajstić information content (AvgIpc) is 2.86. The van der Waals surface area contributed by atoms with E-state index in [0.717, 1.165) is 32.1 Å². The smallest absolute Gasteiger partial charge is 0.303 e. The molecule has 0 bridgehead atoms. The van der Waals surface area contributed by atoms with Crippen LogP contribution in [0.25, 0.3) is 0 Å². The average molecular weight is 336 g/mol. The zero-order chi connectivity index (χ0) is 17.7. The third-order valence-corrected chi connectivity index (χ3v) is 8.11. The van der Waals surface area contributed by atoms with E-state index in [4.69, 9.17) is 5.11 Å². The van der Waals surface area contributed by atoms with Gasteiger partial charge in [0.05, 0.1) is 6.10 Å². The van der Waals surface area contributed by atoms with Crippen molar-refractivity contribution >= 4 is 11.8 Å². The lowest BCUT2D eigenvalue weighted by Crippen LogP contribution is -2.53. The number of aliphatic hydroxyl groups is 1. The Labute approximate surface area is 145 Å². The first-order chi connectivity index (χ1) is 11.2. The summed E-state index contributed by atoms with van der Waals surface area (Å²) in [7, 11) is 0. The zero-order valence-corrected chi connectivity index (χ0v) is 15.3.